The first-order valence-electron chi connectivity index (χ1n) is 4.24. The van der Waals surface area contributed by atoms with Crippen molar-refractivity contribution in [3.8, 4) is 0 Å². The van der Waals surface area contributed by atoms with Crippen molar-refractivity contribution in [2.24, 2.45) is 0 Å². The van der Waals surface area contributed by atoms with Crippen LogP contribution >= 0.6 is 0 Å². The third kappa shape index (κ3) is 3.85. The van der Waals surface area contributed by atoms with Crippen LogP contribution in [0.15, 0.2) is 0 Å². The number of carbonyl (C=O) groups excluding carboxylic acids is 1. The summed E-state index contributed by atoms with van der Waals surface area (Å²) >= 11 is 0. The maximum atomic E-state index is 12.2. The second-order valence-corrected chi connectivity index (χ2v) is 3.32. The van der Waals surface area contributed by atoms with Crippen LogP contribution in [-0.4, -0.2) is 24.4 Å². The average Bonchev–Trinajstić information content (AvgIpc) is 1.97. The standard InChI is InChI=1S/C8H14F3NO2/c1-4-5-12-6(13)14-7(2,3)8(9,10)11/h4-5H2,1-3H3,(H,12,13). The van der Waals surface area contributed by atoms with Gasteiger partial charge in [-0.2, -0.15) is 13.2 Å². The number of hydrogen-bond acceptors (Lipinski definition) is 2. The number of alkyl halides is 3. The number of nitrogens with one attached hydrogen (secondary N) is 1. The van der Waals surface area contributed by atoms with E-state index in [-0.39, 0.29) is 0 Å². The number of carbonyl (C=O) groups is 1. The molecular weight excluding hydrogens is 199 g/mol. The maximum Gasteiger partial charge on any atom is 0.427 e. The molecule has 0 atom stereocenters. The summed E-state index contributed by atoms with van der Waals surface area (Å²) in [4.78, 5) is 10.8. The van der Waals surface area contributed by atoms with E-state index in [1.54, 1.807) is 6.92 Å². The summed E-state index contributed by atoms with van der Waals surface area (Å²) in [6, 6.07) is 0. The van der Waals surface area contributed by atoms with E-state index < -0.39 is 17.9 Å². The highest BCUT2D eigenvalue weighted by Crippen LogP contribution is 2.32. The van der Waals surface area contributed by atoms with E-state index in [0.717, 1.165) is 13.8 Å². The molecule has 3 nitrogen and oxygen atoms in total. The van der Waals surface area contributed by atoms with Gasteiger partial charge in [0.1, 0.15) is 0 Å². The molecule has 6 heteroatoms. The Morgan fingerprint density at radius 3 is 2.21 bits per heavy atom. The molecule has 0 fully saturated rings. The molecule has 0 aromatic carbocycles. The molecule has 0 aliphatic carbocycles. The molecule has 84 valence electrons. The fourth-order valence-corrected chi connectivity index (χ4v) is 0.553. The van der Waals surface area contributed by atoms with Crippen LogP contribution < -0.4 is 5.32 Å². The summed E-state index contributed by atoms with van der Waals surface area (Å²) in [5.41, 5.74) is -2.45. The smallest absolute Gasteiger partial charge is 0.427 e. The van der Waals surface area contributed by atoms with Crippen molar-refractivity contribution in [2.75, 3.05) is 6.54 Å². The summed E-state index contributed by atoms with van der Waals surface area (Å²) in [6.45, 7) is 3.69. The zero-order valence-corrected chi connectivity index (χ0v) is 8.36. The lowest BCUT2D eigenvalue weighted by molar-refractivity contribution is -0.243. The van der Waals surface area contributed by atoms with Gasteiger partial charge in [-0.1, -0.05) is 6.92 Å². The molecule has 0 aliphatic rings. The predicted molar refractivity (Wildman–Crippen MR) is 44.9 cm³/mol. The normalized spacial score (nSPS) is 12.4. The van der Waals surface area contributed by atoms with Crippen LogP contribution in [0.4, 0.5) is 18.0 Å². The van der Waals surface area contributed by atoms with Crippen molar-refractivity contribution < 1.29 is 22.7 Å². The zero-order chi connectivity index (χ0) is 11.4. The Morgan fingerprint density at radius 1 is 1.36 bits per heavy atom. The second kappa shape index (κ2) is 4.52. The molecule has 0 saturated carbocycles. The highest BCUT2D eigenvalue weighted by atomic mass is 19.4. The van der Waals surface area contributed by atoms with Crippen LogP contribution in [0.1, 0.15) is 27.2 Å². The van der Waals surface area contributed by atoms with Gasteiger partial charge in [-0.25, -0.2) is 4.79 Å². The molecule has 1 N–H and O–H groups in total. The van der Waals surface area contributed by atoms with Gasteiger partial charge >= 0.3 is 12.3 Å². The van der Waals surface area contributed by atoms with Crippen LogP contribution in [0.5, 0.6) is 0 Å². The summed E-state index contributed by atoms with van der Waals surface area (Å²) in [5.74, 6) is 0. The third-order valence-corrected chi connectivity index (χ3v) is 1.55. The molecule has 0 aromatic heterocycles. The number of alkyl carbamates (subject to hydrolysis) is 1. The van der Waals surface area contributed by atoms with Gasteiger partial charge in [0, 0.05) is 6.54 Å². The topological polar surface area (TPSA) is 38.3 Å². The largest absolute Gasteiger partial charge is 0.434 e. The molecule has 1 amide bonds. The lowest BCUT2D eigenvalue weighted by Crippen LogP contribution is -2.45. The molecule has 0 aromatic rings. The summed E-state index contributed by atoms with van der Waals surface area (Å²) in [7, 11) is 0. The molecule has 0 bridgehead atoms. The molecule has 0 rings (SSSR count). The maximum absolute atomic E-state index is 12.2. The Morgan fingerprint density at radius 2 is 1.86 bits per heavy atom. The van der Waals surface area contributed by atoms with Gasteiger partial charge in [0.25, 0.3) is 0 Å². The highest BCUT2D eigenvalue weighted by molar-refractivity contribution is 5.67. The van der Waals surface area contributed by atoms with Crippen molar-refractivity contribution in [1.82, 2.24) is 5.32 Å². The second-order valence-electron chi connectivity index (χ2n) is 3.32. The van der Waals surface area contributed by atoms with E-state index in [1.165, 1.54) is 0 Å². The van der Waals surface area contributed by atoms with Gasteiger partial charge in [0.15, 0.2) is 0 Å². The number of halogens is 3. The third-order valence-electron chi connectivity index (χ3n) is 1.55. The van der Waals surface area contributed by atoms with Crippen molar-refractivity contribution >= 4 is 6.09 Å². The minimum Gasteiger partial charge on any atom is -0.434 e. The van der Waals surface area contributed by atoms with Crippen LogP contribution in [0, 0.1) is 0 Å². The van der Waals surface area contributed by atoms with E-state index in [4.69, 9.17) is 0 Å². The number of amides is 1. The highest BCUT2D eigenvalue weighted by Gasteiger charge is 2.50. The summed E-state index contributed by atoms with van der Waals surface area (Å²) in [5, 5.41) is 2.20. The first-order chi connectivity index (χ1) is 6.20. The first kappa shape index (κ1) is 13.1. The Labute approximate surface area is 80.6 Å². The first-order valence-corrected chi connectivity index (χ1v) is 4.24. The van der Waals surface area contributed by atoms with Crippen LogP contribution in [0.2, 0.25) is 0 Å². The van der Waals surface area contributed by atoms with Gasteiger partial charge in [0.05, 0.1) is 0 Å². The van der Waals surface area contributed by atoms with Crippen LogP contribution in [0.3, 0.4) is 0 Å². The van der Waals surface area contributed by atoms with Gasteiger partial charge in [0.2, 0.25) is 5.60 Å². The van der Waals surface area contributed by atoms with Crippen molar-refractivity contribution in [3.05, 3.63) is 0 Å². The molecule has 0 unspecified atom stereocenters. The lowest BCUT2D eigenvalue weighted by Gasteiger charge is -2.27. The Bertz CT molecular complexity index is 201. The van der Waals surface area contributed by atoms with Crippen molar-refractivity contribution in [3.63, 3.8) is 0 Å². The fourth-order valence-electron chi connectivity index (χ4n) is 0.553. The predicted octanol–water partition coefficient (Wildman–Crippen LogP) is 2.46. The van der Waals surface area contributed by atoms with Gasteiger partial charge < -0.3 is 10.1 Å². The van der Waals surface area contributed by atoms with E-state index in [0.29, 0.717) is 13.0 Å². The molecule has 0 radical (unpaired) electrons. The van der Waals surface area contributed by atoms with Gasteiger partial charge in [-0.05, 0) is 20.3 Å². The van der Waals surface area contributed by atoms with Crippen molar-refractivity contribution in [1.29, 1.82) is 0 Å². The Hall–Kier alpha value is -0.940. The van der Waals surface area contributed by atoms with Crippen LogP contribution in [0.25, 0.3) is 0 Å². The van der Waals surface area contributed by atoms with Crippen molar-refractivity contribution in [2.45, 2.75) is 39.0 Å². The Balaban J connectivity index is 4.16. The molecular formula is C8H14F3NO2. The van der Waals surface area contributed by atoms with Gasteiger partial charge in [-0.3, -0.25) is 0 Å². The minimum atomic E-state index is -4.56. The molecule has 14 heavy (non-hydrogen) atoms. The molecule has 0 heterocycles. The fraction of sp³-hybridized carbons (Fsp3) is 0.875. The molecule has 0 saturated heterocycles. The van der Waals surface area contributed by atoms with Crippen LogP contribution in [-0.2, 0) is 4.74 Å². The number of hydrogen-bond donors (Lipinski definition) is 1. The van der Waals surface area contributed by atoms with E-state index in [2.05, 4.69) is 10.1 Å². The minimum absolute atomic E-state index is 0.298. The SMILES string of the molecule is CCCNC(=O)OC(C)(C)C(F)(F)F. The lowest BCUT2D eigenvalue weighted by atomic mass is 10.1. The number of ether oxygens (including phenoxy) is 1. The van der Waals surface area contributed by atoms with E-state index >= 15 is 0 Å². The van der Waals surface area contributed by atoms with E-state index in [1.807, 2.05) is 0 Å². The van der Waals surface area contributed by atoms with Gasteiger partial charge in [-0.15, -0.1) is 0 Å². The van der Waals surface area contributed by atoms with E-state index in [9.17, 15) is 18.0 Å². The monoisotopic (exact) mass is 213 g/mol. The summed E-state index contributed by atoms with van der Waals surface area (Å²) < 4.78 is 40.9. The number of rotatable bonds is 3. The molecule has 0 aliphatic heterocycles. The molecule has 0 spiro atoms. The average molecular weight is 213 g/mol. The zero-order valence-electron chi connectivity index (χ0n) is 8.36. The quantitative estimate of drug-likeness (QED) is 0.782. The summed E-state index contributed by atoms with van der Waals surface area (Å²) in [6.07, 6.45) is -4.97. The Kier molecular flexibility index (Phi) is 4.22.